The molecule has 0 aliphatic carbocycles. The molecule has 17 heavy (non-hydrogen) atoms. The maximum absolute atomic E-state index is 11.4. The first-order chi connectivity index (χ1) is 8.31. The van der Waals surface area contributed by atoms with Crippen molar-refractivity contribution in [3.63, 3.8) is 0 Å². The van der Waals surface area contributed by atoms with Crippen molar-refractivity contribution in [3.8, 4) is 0 Å². The number of aromatic nitrogens is 1. The lowest BCUT2D eigenvalue weighted by molar-refractivity contribution is -0.929. The molecule has 2 atom stereocenters. The zero-order valence-corrected chi connectivity index (χ0v) is 9.86. The van der Waals surface area contributed by atoms with Crippen molar-refractivity contribution in [2.75, 3.05) is 13.1 Å². The number of hydrogen-bond donors (Lipinski definition) is 3. The van der Waals surface area contributed by atoms with E-state index in [1.165, 1.54) is 23.3 Å². The van der Waals surface area contributed by atoms with Gasteiger partial charge in [-0.2, -0.15) is 0 Å². The average molecular weight is 235 g/mol. The van der Waals surface area contributed by atoms with Gasteiger partial charge in [-0.25, -0.2) is 5.84 Å². The number of amides is 1. The Kier molecular flexibility index (Phi) is 4.06. The van der Waals surface area contributed by atoms with Crippen LogP contribution in [0.5, 0.6) is 0 Å². The minimum Gasteiger partial charge on any atom is -0.321 e. The predicted octanol–water partition coefficient (Wildman–Crippen LogP) is -0.819. The van der Waals surface area contributed by atoms with E-state index in [0.717, 1.165) is 13.0 Å². The first-order valence-electron chi connectivity index (χ1n) is 6.05. The van der Waals surface area contributed by atoms with Crippen LogP contribution in [-0.2, 0) is 4.79 Å². The van der Waals surface area contributed by atoms with Crippen LogP contribution in [0.4, 0.5) is 0 Å². The lowest BCUT2D eigenvalue weighted by Gasteiger charge is -2.32. The molecular formula is C12H19N4O+. The van der Waals surface area contributed by atoms with Gasteiger partial charge in [0.15, 0.2) is 6.54 Å². The number of quaternary nitrogens is 1. The number of nitrogens with two attached hydrogens (primary N) is 1. The minimum absolute atomic E-state index is 0.101. The van der Waals surface area contributed by atoms with E-state index in [0.29, 0.717) is 12.6 Å². The van der Waals surface area contributed by atoms with Crippen LogP contribution in [0.15, 0.2) is 24.5 Å². The minimum atomic E-state index is -0.101. The topological polar surface area (TPSA) is 72.4 Å². The summed E-state index contributed by atoms with van der Waals surface area (Å²) in [6.45, 7) is 1.46. The van der Waals surface area contributed by atoms with E-state index >= 15 is 0 Å². The zero-order valence-electron chi connectivity index (χ0n) is 9.86. The summed E-state index contributed by atoms with van der Waals surface area (Å²) in [5.74, 6) is 5.05. The summed E-state index contributed by atoms with van der Waals surface area (Å²) in [6.07, 6.45) is 7.17. The van der Waals surface area contributed by atoms with E-state index in [1.54, 1.807) is 6.20 Å². The van der Waals surface area contributed by atoms with E-state index in [-0.39, 0.29) is 5.91 Å². The molecule has 2 rings (SSSR count). The summed E-state index contributed by atoms with van der Waals surface area (Å²) in [7, 11) is 0. The number of nitrogens with zero attached hydrogens (tertiary/aromatic N) is 1. The standard InChI is InChI=1S/C12H18N4O/c13-15-12(17)9-16-7-2-1-5-11(16)10-4-3-6-14-8-10/h3-4,6,8,11H,1-2,5,7,9,13H2,(H,15,17)/p+1/t11-/m0/s1. The fourth-order valence-corrected chi connectivity index (χ4v) is 2.53. The highest BCUT2D eigenvalue weighted by molar-refractivity contribution is 5.76. The van der Waals surface area contributed by atoms with E-state index < -0.39 is 0 Å². The third-order valence-electron chi connectivity index (χ3n) is 3.37. The van der Waals surface area contributed by atoms with E-state index in [2.05, 4.69) is 16.5 Å². The summed E-state index contributed by atoms with van der Waals surface area (Å²) < 4.78 is 0. The molecule has 0 bridgehead atoms. The van der Waals surface area contributed by atoms with Gasteiger partial charge in [0, 0.05) is 24.4 Å². The summed E-state index contributed by atoms with van der Waals surface area (Å²) in [5.41, 5.74) is 3.42. The van der Waals surface area contributed by atoms with Gasteiger partial charge in [0.05, 0.1) is 6.54 Å². The second kappa shape index (κ2) is 5.75. The Balaban J connectivity index is 2.09. The molecule has 1 amide bonds. The van der Waals surface area contributed by atoms with Gasteiger partial charge in [-0.05, 0) is 18.9 Å². The van der Waals surface area contributed by atoms with Crippen LogP contribution >= 0.6 is 0 Å². The molecule has 1 aliphatic rings. The molecule has 0 saturated carbocycles. The number of hydrogen-bond acceptors (Lipinski definition) is 3. The van der Waals surface area contributed by atoms with Gasteiger partial charge in [0.25, 0.3) is 5.91 Å². The number of carbonyl (C=O) groups excluding carboxylic acids is 1. The quantitative estimate of drug-likeness (QED) is 0.364. The SMILES string of the molecule is NNC(=O)C[NH+]1CCCC[C@H]1c1cccnc1. The largest absolute Gasteiger partial charge is 0.321 e. The van der Waals surface area contributed by atoms with Crippen molar-refractivity contribution in [1.29, 1.82) is 0 Å². The van der Waals surface area contributed by atoms with E-state index in [4.69, 9.17) is 5.84 Å². The van der Waals surface area contributed by atoms with Crippen molar-refractivity contribution in [2.45, 2.75) is 25.3 Å². The van der Waals surface area contributed by atoms with Gasteiger partial charge in [-0.15, -0.1) is 0 Å². The molecule has 92 valence electrons. The summed E-state index contributed by atoms with van der Waals surface area (Å²) in [5, 5.41) is 0. The van der Waals surface area contributed by atoms with Crippen molar-refractivity contribution < 1.29 is 9.69 Å². The smallest absolute Gasteiger partial charge is 0.289 e. The lowest BCUT2D eigenvalue weighted by atomic mass is 9.96. The number of carbonyl (C=O) groups is 1. The number of hydrazine groups is 1. The second-order valence-electron chi connectivity index (χ2n) is 4.49. The maximum atomic E-state index is 11.4. The lowest BCUT2D eigenvalue weighted by Crippen LogP contribution is -3.14. The zero-order chi connectivity index (χ0) is 12.1. The van der Waals surface area contributed by atoms with Gasteiger partial charge in [0.2, 0.25) is 0 Å². The Morgan fingerprint density at radius 1 is 1.59 bits per heavy atom. The van der Waals surface area contributed by atoms with Gasteiger partial charge >= 0.3 is 0 Å². The van der Waals surface area contributed by atoms with Crippen molar-refractivity contribution in [3.05, 3.63) is 30.1 Å². The van der Waals surface area contributed by atoms with Crippen LogP contribution in [0.2, 0.25) is 0 Å². The molecule has 0 aromatic carbocycles. The van der Waals surface area contributed by atoms with Crippen molar-refractivity contribution in [1.82, 2.24) is 10.4 Å². The number of rotatable bonds is 3. The molecule has 5 heteroatoms. The number of nitrogens with one attached hydrogen (secondary N) is 2. The first kappa shape index (κ1) is 12.0. The molecule has 2 heterocycles. The third-order valence-corrected chi connectivity index (χ3v) is 3.37. The molecule has 1 aliphatic heterocycles. The fourth-order valence-electron chi connectivity index (χ4n) is 2.53. The summed E-state index contributed by atoms with van der Waals surface area (Å²) in [4.78, 5) is 16.8. The molecule has 1 aromatic rings. The van der Waals surface area contributed by atoms with Gasteiger partial charge in [0.1, 0.15) is 6.04 Å². The highest BCUT2D eigenvalue weighted by atomic mass is 16.2. The van der Waals surface area contributed by atoms with Gasteiger partial charge in [-0.3, -0.25) is 15.2 Å². The van der Waals surface area contributed by atoms with Crippen LogP contribution in [0.25, 0.3) is 0 Å². The fraction of sp³-hybridized carbons (Fsp3) is 0.500. The van der Waals surface area contributed by atoms with Crippen LogP contribution in [-0.4, -0.2) is 24.0 Å². The summed E-state index contributed by atoms with van der Waals surface area (Å²) in [6, 6.07) is 4.41. The molecule has 0 spiro atoms. The van der Waals surface area contributed by atoms with Crippen LogP contribution in [0.3, 0.4) is 0 Å². The first-order valence-corrected chi connectivity index (χ1v) is 6.05. The molecule has 1 saturated heterocycles. The monoisotopic (exact) mass is 235 g/mol. The van der Waals surface area contributed by atoms with E-state index in [1.807, 2.05) is 12.3 Å². The Bertz CT molecular complexity index is 368. The Morgan fingerprint density at radius 2 is 2.47 bits per heavy atom. The Morgan fingerprint density at radius 3 is 3.18 bits per heavy atom. The van der Waals surface area contributed by atoms with Crippen LogP contribution < -0.4 is 16.2 Å². The highest BCUT2D eigenvalue weighted by Crippen LogP contribution is 2.17. The van der Waals surface area contributed by atoms with Crippen molar-refractivity contribution in [2.24, 2.45) is 5.84 Å². The van der Waals surface area contributed by atoms with E-state index in [9.17, 15) is 4.79 Å². The highest BCUT2D eigenvalue weighted by Gasteiger charge is 2.29. The molecule has 4 N–H and O–H groups in total. The number of piperidine rings is 1. The number of pyridine rings is 1. The maximum Gasteiger partial charge on any atom is 0.289 e. The normalized spacial score (nSPS) is 24.3. The van der Waals surface area contributed by atoms with Gasteiger partial charge < -0.3 is 4.90 Å². The molecule has 5 nitrogen and oxygen atoms in total. The third kappa shape index (κ3) is 3.01. The second-order valence-corrected chi connectivity index (χ2v) is 4.49. The molecule has 1 fully saturated rings. The average Bonchev–Trinajstić information content (AvgIpc) is 2.40. The summed E-state index contributed by atoms with van der Waals surface area (Å²) >= 11 is 0. The molecule has 1 unspecified atom stereocenters. The van der Waals surface area contributed by atoms with Crippen LogP contribution in [0.1, 0.15) is 30.9 Å². The molecule has 1 aromatic heterocycles. The van der Waals surface area contributed by atoms with Gasteiger partial charge in [-0.1, -0.05) is 6.07 Å². The molecular weight excluding hydrogens is 216 g/mol. The predicted molar refractivity (Wildman–Crippen MR) is 63.9 cm³/mol. The van der Waals surface area contributed by atoms with Crippen molar-refractivity contribution >= 4 is 5.91 Å². The van der Waals surface area contributed by atoms with Crippen LogP contribution in [0, 0.1) is 0 Å². The Hall–Kier alpha value is -1.46. The Labute approximate surface area is 101 Å². The number of likely N-dealkylation sites (tertiary alicyclic amines) is 1. The molecule has 0 radical (unpaired) electrons.